The first-order valence-electron chi connectivity index (χ1n) is 4.57. The van der Waals surface area contributed by atoms with Gasteiger partial charge in [-0.2, -0.15) is 5.10 Å². The molecular formula is C10H9N5. The van der Waals surface area contributed by atoms with Gasteiger partial charge in [-0.3, -0.25) is 5.10 Å². The Labute approximate surface area is 85.6 Å². The fourth-order valence-corrected chi connectivity index (χ4v) is 1.65. The van der Waals surface area contributed by atoms with Crippen LogP contribution in [0.15, 0.2) is 36.8 Å². The van der Waals surface area contributed by atoms with E-state index in [2.05, 4.69) is 15.2 Å². The summed E-state index contributed by atoms with van der Waals surface area (Å²) in [6.07, 6.45) is 5.42. The Bertz CT molecular complexity index is 593. The highest BCUT2D eigenvalue weighted by molar-refractivity contribution is 5.75. The third-order valence-electron chi connectivity index (χ3n) is 2.29. The summed E-state index contributed by atoms with van der Waals surface area (Å²) in [5.74, 6) is 0.516. The van der Waals surface area contributed by atoms with Gasteiger partial charge in [-0.25, -0.2) is 4.98 Å². The number of H-pyrrole nitrogens is 1. The minimum atomic E-state index is 0.516. The zero-order chi connectivity index (χ0) is 10.3. The molecule has 0 atom stereocenters. The molecule has 3 aromatic heterocycles. The molecule has 5 heteroatoms. The lowest BCUT2D eigenvalue weighted by molar-refractivity contribution is 1.09. The molecule has 0 unspecified atom stereocenters. The van der Waals surface area contributed by atoms with Gasteiger partial charge in [0.2, 0.25) is 0 Å². The van der Waals surface area contributed by atoms with Gasteiger partial charge in [-0.15, -0.1) is 0 Å². The molecule has 0 aromatic carbocycles. The standard InChI is InChI=1S/C10H9N5/c11-9-6-15-5-1-2-7(10(15)13-9)8-3-4-12-14-8/h1-6H,11H2,(H,12,14). The van der Waals surface area contributed by atoms with Crippen LogP contribution in [-0.2, 0) is 0 Å². The first kappa shape index (κ1) is 8.05. The number of imidazole rings is 1. The van der Waals surface area contributed by atoms with Crippen LogP contribution in [0.5, 0.6) is 0 Å². The first-order chi connectivity index (χ1) is 7.34. The lowest BCUT2D eigenvalue weighted by Crippen LogP contribution is -1.87. The van der Waals surface area contributed by atoms with Crippen molar-refractivity contribution in [1.82, 2.24) is 19.6 Å². The van der Waals surface area contributed by atoms with E-state index >= 15 is 0 Å². The second-order valence-corrected chi connectivity index (χ2v) is 3.29. The lowest BCUT2D eigenvalue weighted by Gasteiger charge is -1.99. The van der Waals surface area contributed by atoms with E-state index in [1.54, 1.807) is 12.4 Å². The van der Waals surface area contributed by atoms with Gasteiger partial charge in [0.25, 0.3) is 0 Å². The monoisotopic (exact) mass is 199 g/mol. The van der Waals surface area contributed by atoms with Crippen molar-refractivity contribution in [1.29, 1.82) is 0 Å². The molecule has 0 saturated heterocycles. The molecule has 0 aliphatic heterocycles. The second-order valence-electron chi connectivity index (χ2n) is 3.29. The number of hydrogen-bond donors (Lipinski definition) is 2. The summed E-state index contributed by atoms with van der Waals surface area (Å²) in [5, 5.41) is 6.83. The number of aromatic nitrogens is 4. The maximum Gasteiger partial charge on any atom is 0.148 e. The topological polar surface area (TPSA) is 72.0 Å². The summed E-state index contributed by atoms with van der Waals surface area (Å²) in [6.45, 7) is 0. The van der Waals surface area contributed by atoms with Gasteiger partial charge in [-0.05, 0) is 18.2 Å². The summed E-state index contributed by atoms with van der Waals surface area (Å²) < 4.78 is 1.89. The van der Waals surface area contributed by atoms with Crippen LogP contribution in [-0.4, -0.2) is 19.6 Å². The van der Waals surface area contributed by atoms with Crippen molar-refractivity contribution in [3.05, 3.63) is 36.8 Å². The number of nitrogens with one attached hydrogen (secondary N) is 1. The number of fused-ring (bicyclic) bond motifs is 1. The van der Waals surface area contributed by atoms with Gasteiger partial charge in [0.1, 0.15) is 11.5 Å². The van der Waals surface area contributed by atoms with Crippen LogP contribution in [0.3, 0.4) is 0 Å². The van der Waals surface area contributed by atoms with E-state index in [9.17, 15) is 0 Å². The molecule has 3 rings (SSSR count). The molecule has 15 heavy (non-hydrogen) atoms. The van der Waals surface area contributed by atoms with E-state index in [0.717, 1.165) is 16.9 Å². The van der Waals surface area contributed by atoms with Crippen molar-refractivity contribution in [3.63, 3.8) is 0 Å². The van der Waals surface area contributed by atoms with E-state index < -0.39 is 0 Å². The zero-order valence-corrected chi connectivity index (χ0v) is 7.88. The summed E-state index contributed by atoms with van der Waals surface area (Å²) in [6, 6.07) is 5.83. The maximum atomic E-state index is 5.66. The van der Waals surface area contributed by atoms with Crippen molar-refractivity contribution in [3.8, 4) is 11.3 Å². The molecule has 5 nitrogen and oxygen atoms in total. The molecule has 0 saturated carbocycles. The van der Waals surface area contributed by atoms with E-state index in [-0.39, 0.29) is 0 Å². The van der Waals surface area contributed by atoms with Gasteiger partial charge in [-0.1, -0.05) is 0 Å². The molecule has 0 aliphatic carbocycles. The molecule has 0 fully saturated rings. The fourth-order valence-electron chi connectivity index (χ4n) is 1.65. The quantitative estimate of drug-likeness (QED) is 0.620. The number of nitrogens with zero attached hydrogens (tertiary/aromatic N) is 3. The second kappa shape index (κ2) is 2.84. The molecule has 74 valence electrons. The van der Waals surface area contributed by atoms with E-state index in [1.165, 1.54) is 0 Å². The number of rotatable bonds is 1. The molecule has 0 aliphatic rings. The zero-order valence-electron chi connectivity index (χ0n) is 7.88. The highest BCUT2D eigenvalue weighted by Gasteiger charge is 2.07. The van der Waals surface area contributed by atoms with Crippen LogP contribution in [0.25, 0.3) is 16.9 Å². The Morgan fingerprint density at radius 3 is 3.07 bits per heavy atom. The fraction of sp³-hybridized carbons (Fsp3) is 0. The molecule has 0 radical (unpaired) electrons. The number of pyridine rings is 1. The van der Waals surface area contributed by atoms with Crippen molar-refractivity contribution in [2.75, 3.05) is 5.73 Å². The number of hydrogen-bond acceptors (Lipinski definition) is 3. The van der Waals surface area contributed by atoms with Gasteiger partial charge < -0.3 is 10.1 Å². The van der Waals surface area contributed by atoms with E-state index in [0.29, 0.717) is 5.82 Å². The molecule has 3 aromatic rings. The number of nitrogens with two attached hydrogens (primary N) is 1. The van der Waals surface area contributed by atoms with Crippen LogP contribution < -0.4 is 5.73 Å². The van der Waals surface area contributed by atoms with Crippen LogP contribution in [0.1, 0.15) is 0 Å². The van der Waals surface area contributed by atoms with Crippen LogP contribution in [0.2, 0.25) is 0 Å². The predicted molar refractivity (Wildman–Crippen MR) is 57.2 cm³/mol. The van der Waals surface area contributed by atoms with Gasteiger partial charge in [0.05, 0.1) is 11.9 Å². The molecule has 0 bridgehead atoms. The number of nitrogen functional groups attached to an aromatic ring is 1. The smallest absolute Gasteiger partial charge is 0.148 e. The molecule has 0 amide bonds. The largest absolute Gasteiger partial charge is 0.382 e. The highest BCUT2D eigenvalue weighted by Crippen LogP contribution is 2.22. The third kappa shape index (κ3) is 1.17. The summed E-state index contributed by atoms with van der Waals surface area (Å²) in [7, 11) is 0. The Kier molecular flexibility index (Phi) is 1.53. The Morgan fingerprint density at radius 1 is 1.33 bits per heavy atom. The minimum Gasteiger partial charge on any atom is -0.382 e. The number of aromatic amines is 1. The predicted octanol–water partition coefficient (Wildman–Crippen LogP) is 1.31. The lowest BCUT2D eigenvalue weighted by atomic mass is 10.2. The van der Waals surface area contributed by atoms with Crippen molar-refractivity contribution in [2.24, 2.45) is 0 Å². The Balaban J connectivity index is 2.35. The average molecular weight is 199 g/mol. The first-order valence-corrected chi connectivity index (χ1v) is 4.57. The van der Waals surface area contributed by atoms with Crippen molar-refractivity contribution in [2.45, 2.75) is 0 Å². The molecular weight excluding hydrogens is 190 g/mol. The van der Waals surface area contributed by atoms with Crippen LogP contribution in [0.4, 0.5) is 5.82 Å². The summed E-state index contributed by atoms with van der Waals surface area (Å²) in [4.78, 5) is 4.26. The van der Waals surface area contributed by atoms with Gasteiger partial charge in [0.15, 0.2) is 0 Å². The Hall–Kier alpha value is -2.30. The van der Waals surface area contributed by atoms with Crippen LogP contribution >= 0.6 is 0 Å². The minimum absolute atomic E-state index is 0.516. The highest BCUT2D eigenvalue weighted by atomic mass is 15.1. The maximum absolute atomic E-state index is 5.66. The molecule has 0 spiro atoms. The summed E-state index contributed by atoms with van der Waals surface area (Å²) >= 11 is 0. The van der Waals surface area contributed by atoms with Crippen molar-refractivity contribution < 1.29 is 0 Å². The summed E-state index contributed by atoms with van der Waals surface area (Å²) in [5.41, 5.74) is 8.42. The van der Waals surface area contributed by atoms with Crippen molar-refractivity contribution >= 4 is 11.5 Å². The van der Waals surface area contributed by atoms with Gasteiger partial charge in [0, 0.05) is 18.0 Å². The van der Waals surface area contributed by atoms with Gasteiger partial charge >= 0.3 is 0 Å². The Morgan fingerprint density at radius 2 is 2.27 bits per heavy atom. The molecule has 3 N–H and O–H groups in total. The SMILES string of the molecule is Nc1cn2cccc(-c3ccn[nH]3)c2n1. The number of anilines is 1. The van der Waals surface area contributed by atoms with E-state index in [4.69, 9.17) is 5.73 Å². The third-order valence-corrected chi connectivity index (χ3v) is 2.29. The van der Waals surface area contributed by atoms with E-state index in [1.807, 2.05) is 28.8 Å². The normalized spacial score (nSPS) is 10.9. The average Bonchev–Trinajstić information content (AvgIpc) is 2.82. The molecule has 3 heterocycles. The van der Waals surface area contributed by atoms with Crippen LogP contribution in [0, 0.1) is 0 Å².